The monoisotopic (exact) mass is 407 g/mol. The molecule has 2 aliphatic heterocycles. The van der Waals surface area contributed by atoms with Crippen molar-refractivity contribution in [1.29, 1.82) is 0 Å². The van der Waals surface area contributed by atoms with Crippen LogP contribution in [0.2, 0.25) is 0 Å². The van der Waals surface area contributed by atoms with Crippen molar-refractivity contribution in [3.05, 3.63) is 23.8 Å². The molecule has 2 heterocycles. The van der Waals surface area contributed by atoms with Crippen LogP contribution in [0.4, 0.5) is 5.69 Å². The Morgan fingerprint density at radius 2 is 1.93 bits per heavy atom. The summed E-state index contributed by atoms with van der Waals surface area (Å²) in [7, 11) is -3.53. The minimum absolute atomic E-state index is 0.0397. The second kappa shape index (κ2) is 8.61. The first kappa shape index (κ1) is 20.8. The number of carbonyl (C=O) groups excluding carboxylic acids is 2. The van der Waals surface area contributed by atoms with E-state index in [1.807, 2.05) is 6.92 Å². The molecule has 7 nitrogen and oxygen atoms in total. The predicted molar refractivity (Wildman–Crippen MR) is 108 cm³/mol. The molecule has 1 aromatic carbocycles. The summed E-state index contributed by atoms with van der Waals surface area (Å²) in [6.45, 7) is 5.73. The van der Waals surface area contributed by atoms with Gasteiger partial charge in [0.1, 0.15) is 6.54 Å². The summed E-state index contributed by atoms with van der Waals surface area (Å²) in [5.74, 6) is 0.232. The molecule has 0 bridgehead atoms. The number of piperidine rings is 1. The largest absolute Gasteiger partial charge is 0.355 e. The maximum atomic E-state index is 13.0. The van der Waals surface area contributed by atoms with Gasteiger partial charge in [0, 0.05) is 31.7 Å². The van der Waals surface area contributed by atoms with Crippen LogP contribution in [-0.4, -0.2) is 50.7 Å². The average molecular weight is 408 g/mol. The number of hydrogen-bond acceptors (Lipinski definition) is 4. The molecule has 28 heavy (non-hydrogen) atoms. The number of nitrogens with zero attached hydrogens (tertiary/aromatic N) is 2. The third-order valence-corrected chi connectivity index (χ3v) is 7.40. The SMILES string of the molecule is CCCNC(=O)CN1C(=O)CCc2cc(S(=O)(=O)N3CCC(C)CC3)ccc21. The molecule has 1 aromatic rings. The zero-order chi connectivity index (χ0) is 20.3. The minimum atomic E-state index is -3.53. The highest BCUT2D eigenvalue weighted by atomic mass is 32.2. The third kappa shape index (κ3) is 4.38. The van der Waals surface area contributed by atoms with E-state index in [4.69, 9.17) is 0 Å². The second-order valence-electron chi connectivity index (χ2n) is 7.71. The van der Waals surface area contributed by atoms with Crippen LogP contribution in [0.3, 0.4) is 0 Å². The first-order valence-electron chi connectivity index (χ1n) is 10.0. The molecule has 3 rings (SSSR count). The van der Waals surface area contributed by atoms with Crippen molar-refractivity contribution < 1.29 is 18.0 Å². The Morgan fingerprint density at radius 1 is 1.21 bits per heavy atom. The summed E-state index contributed by atoms with van der Waals surface area (Å²) in [4.78, 5) is 26.2. The smallest absolute Gasteiger partial charge is 0.243 e. The molecule has 1 N–H and O–H groups in total. The molecule has 0 aliphatic carbocycles. The highest BCUT2D eigenvalue weighted by Crippen LogP contribution is 2.32. The molecule has 0 saturated carbocycles. The third-order valence-electron chi connectivity index (χ3n) is 5.51. The van der Waals surface area contributed by atoms with Gasteiger partial charge in [-0.1, -0.05) is 13.8 Å². The highest BCUT2D eigenvalue weighted by molar-refractivity contribution is 7.89. The Hall–Kier alpha value is -1.93. The van der Waals surface area contributed by atoms with Gasteiger partial charge in [0.2, 0.25) is 21.8 Å². The van der Waals surface area contributed by atoms with E-state index in [9.17, 15) is 18.0 Å². The number of carbonyl (C=O) groups is 2. The molecule has 2 amide bonds. The average Bonchev–Trinajstić information content (AvgIpc) is 2.68. The number of amides is 2. The molecule has 0 spiro atoms. The lowest BCUT2D eigenvalue weighted by Crippen LogP contribution is -2.43. The Labute approximate surface area is 167 Å². The maximum Gasteiger partial charge on any atom is 0.243 e. The number of benzene rings is 1. The highest BCUT2D eigenvalue weighted by Gasteiger charge is 2.31. The molecule has 2 aliphatic rings. The van der Waals surface area contributed by atoms with Crippen molar-refractivity contribution in [2.75, 3.05) is 31.1 Å². The van der Waals surface area contributed by atoms with Crippen LogP contribution < -0.4 is 10.2 Å². The number of hydrogen-bond donors (Lipinski definition) is 1. The van der Waals surface area contributed by atoms with Crippen molar-refractivity contribution in [2.24, 2.45) is 5.92 Å². The summed E-state index contributed by atoms with van der Waals surface area (Å²) in [5, 5.41) is 2.78. The normalized spacial score (nSPS) is 18.8. The van der Waals surface area contributed by atoms with Gasteiger partial charge in [-0.2, -0.15) is 4.31 Å². The summed E-state index contributed by atoms with van der Waals surface area (Å²) in [6, 6.07) is 4.90. The van der Waals surface area contributed by atoms with E-state index in [1.54, 1.807) is 22.5 Å². The van der Waals surface area contributed by atoms with Crippen LogP contribution in [0, 0.1) is 5.92 Å². The molecule has 0 unspecified atom stereocenters. The van der Waals surface area contributed by atoms with Crippen LogP contribution in [-0.2, 0) is 26.0 Å². The molecule has 0 aromatic heterocycles. The molecule has 1 fully saturated rings. The van der Waals surface area contributed by atoms with E-state index in [-0.39, 0.29) is 29.7 Å². The van der Waals surface area contributed by atoms with E-state index in [0.717, 1.165) is 24.8 Å². The van der Waals surface area contributed by atoms with E-state index < -0.39 is 10.0 Å². The van der Waals surface area contributed by atoms with Gasteiger partial charge in [-0.15, -0.1) is 0 Å². The maximum absolute atomic E-state index is 13.0. The summed E-state index contributed by atoms with van der Waals surface area (Å²) in [6.07, 6.45) is 3.34. The predicted octanol–water partition coefficient (Wildman–Crippen LogP) is 1.91. The zero-order valence-corrected chi connectivity index (χ0v) is 17.4. The van der Waals surface area contributed by atoms with E-state index in [2.05, 4.69) is 12.2 Å². The standard InChI is InChI=1S/C20H29N3O4S/c1-3-10-21-19(24)14-23-18-6-5-17(13-16(18)4-7-20(23)25)28(26,27)22-11-8-15(2)9-12-22/h5-6,13,15H,3-4,7-12,14H2,1-2H3,(H,21,24). The second-order valence-corrected chi connectivity index (χ2v) is 9.64. The lowest BCUT2D eigenvalue weighted by atomic mass is 10.0. The van der Waals surface area contributed by atoms with Crippen molar-refractivity contribution in [1.82, 2.24) is 9.62 Å². The van der Waals surface area contributed by atoms with Gasteiger partial charge in [-0.25, -0.2) is 8.42 Å². The Kier molecular flexibility index (Phi) is 6.40. The first-order chi connectivity index (χ1) is 13.3. The summed E-state index contributed by atoms with van der Waals surface area (Å²) >= 11 is 0. The summed E-state index contributed by atoms with van der Waals surface area (Å²) < 4.78 is 27.6. The first-order valence-corrected chi connectivity index (χ1v) is 11.5. The fourth-order valence-corrected chi connectivity index (χ4v) is 5.23. The quantitative estimate of drug-likeness (QED) is 0.780. The molecule has 1 saturated heterocycles. The molecular formula is C20H29N3O4S. The zero-order valence-electron chi connectivity index (χ0n) is 16.6. The van der Waals surface area contributed by atoms with Crippen molar-refractivity contribution in [2.45, 2.75) is 50.8 Å². The van der Waals surface area contributed by atoms with Gasteiger partial charge in [-0.05, 0) is 55.4 Å². The fraction of sp³-hybridized carbons (Fsp3) is 0.600. The minimum Gasteiger partial charge on any atom is -0.355 e. The van der Waals surface area contributed by atoms with E-state index in [0.29, 0.717) is 37.7 Å². The van der Waals surface area contributed by atoms with Crippen molar-refractivity contribution in [3.63, 3.8) is 0 Å². The Balaban J connectivity index is 1.82. The number of rotatable bonds is 6. The number of sulfonamides is 1. The van der Waals surface area contributed by atoms with Crippen molar-refractivity contribution >= 4 is 27.5 Å². The topological polar surface area (TPSA) is 86.8 Å². The van der Waals surface area contributed by atoms with Crippen LogP contribution >= 0.6 is 0 Å². The molecule has 154 valence electrons. The van der Waals surface area contributed by atoms with Gasteiger partial charge in [0.15, 0.2) is 0 Å². The Bertz CT molecular complexity index is 845. The molecular weight excluding hydrogens is 378 g/mol. The van der Waals surface area contributed by atoms with Crippen LogP contribution in [0.25, 0.3) is 0 Å². The Morgan fingerprint density at radius 3 is 2.61 bits per heavy atom. The van der Waals surface area contributed by atoms with Gasteiger partial charge < -0.3 is 10.2 Å². The molecule has 8 heteroatoms. The van der Waals surface area contributed by atoms with E-state index in [1.165, 1.54) is 4.90 Å². The van der Waals surface area contributed by atoms with Crippen LogP contribution in [0.5, 0.6) is 0 Å². The van der Waals surface area contributed by atoms with Crippen LogP contribution in [0.15, 0.2) is 23.1 Å². The molecule has 0 atom stereocenters. The number of anilines is 1. The summed E-state index contributed by atoms with van der Waals surface area (Å²) in [5.41, 5.74) is 1.43. The van der Waals surface area contributed by atoms with E-state index >= 15 is 0 Å². The lowest BCUT2D eigenvalue weighted by Gasteiger charge is -2.31. The number of nitrogens with one attached hydrogen (secondary N) is 1. The van der Waals surface area contributed by atoms with Gasteiger partial charge in [0.25, 0.3) is 0 Å². The number of fused-ring (bicyclic) bond motifs is 1. The molecule has 0 radical (unpaired) electrons. The fourth-order valence-electron chi connectivity index (χ4n) is 3.71. The van der Waals surface area contributed by atoms with Gasteiger partial charge in [-0.3, -0.25) is 9.59 Å². The van der Waals surface area contributed by atoms with Crippen molar-refractivity contribution in [3.8, 4) is 0 Å². The van der Waals surface area contributed by atoms with Gasteiger partial charge >= 0.3 is 0 Å². The number of aryl methyl sites for hydroxylation is 1. The van der Waals surface area contributed by atoms with Gasteiger partial charge in [0.05, 0.1) is 4.90 Å². The lowest BCUT2D eigenvalue weighted by molar-refractivity contribution is -0.124. The van der Waals surface area contributed by atoms with Crippen LogP contribution in [0.1, 0.15) is 45.1 Å².